The third kappa shape index (κ3) is 3.27. The van der Waals surface area contributed by atoms with Gasteiger partial charge in [-0.2, -0.15) is 0 Å². The maximum Gasteiger partial charge on any atom is 0.304 e. The van der Waals surface area contributed by atoms with Crippen LogP contribution in [0.25, 0.3) is 5.69 Å². The number of benzene rings is 2. The number of nitro benzene ring substituents is 1. The minimum absolute atomic E-state index is 0. The molecule has 1 aromatic heterocycles. The normalized spacial score (nSPS) is 19.1. The molecule has 0 N–H and O–H groups in total. The van der Waals surface area contributed by atoms with Crippen LogP contribution in [0.3, 0.4) is 0 Å². The van der Waals surface area contributed by atoms with Gasteiger partial charge in [0, 0.05) is 34.2 Å². The van der Waals surface area contributed by atoms with E-state index in [1.54, 1.807) is 35.3 Å². The highest BCUT2D eigenvalue weighted by Crippen LogP contribution is 2.38. The summed E-state index contributed by atoms with van der Waals surface area (Å²) < 4.78 is 9.56. The first-order valence-corrected chi connectivity index (χ1v) is 9.59. The Morgan fingerprint density at radius 3 is 2.62 bits per heavy atom. The zero-order valence-electron chi connectivity index (χ0n) is 14.6. The van der Waals surface area contributed by atoms with Crippen LogP contribution in [0.15, 0.2) is 36.7 Å². The van der Waals surface area contributed by atoms with Crippen LogP contribution in [0.2, 0.25) is 15.1 Å². The van der Waals surface area contributed by atoms with Crippen LogP contribution in [-0.4, -0.2) is 20.8 Å². The molecule has 150 valence electrons. The number of aromatic nitrogens is 3. The molecular weight excluding hydrogens is 462 g/mol. The number of nitro groups is 1. The highest BCUT2D eigenvalue weighted by molar-refractivity contribution is 6.40. The number of rotatable bonds is 2. The molecule has 7 nitrogen and oxygen atoms in total. The second-order valence-corrected chi connectivity index (χ2v) is 7.99. The van der Waals surface area contributed by atoms with E-state index in [2.05, 4.69) is 5.10 Å². The van der Waals surface area contributed by atoms with E-state index in [4.69, 9.17) is 39.5 Å². The van der Waals surface area contributed by atoms with Crippen molar-refractivity contribution in [3.8, 4) is 5.69 Å². The first kappa shape index (κ1) is 20.4. The number of non-ortho nitro benzene ring substituents is 1. The lowest BCUT2D eigenvalue weighted by Crippen LogP contribution is -3.00. The van der Waals surface area contributed by atoms with Crippen LogP contribution < -0.4 is 17.0 Å². The second kappa shape index (κ2) is 7.41. The Kier molecular flexibility index (Phi) is 5.21. The average molecular weight is 474 g/mol. The highest BCUT2D eigenvalue weighted by Gasteiger charge is 2.44. The predicted octanol–water partition coefficient (Wildman–Crippen LogP) is 1.08. The summed E-state index contributed by atoms with van der Waals surface area (Å²) in [5, 5.41) is 17.0. The second-order valence-electron chi connectivity index (χ2n) is 6.74. The van der Waals surface area contributed by atoms with E-state index in [1.807, 2.05) is 4.57 Å². The van der Waals surface area contributed by atoms with E-state index in [-0.39, 0.29) is 35.2 Å². The summed E-state index contributed by atoms with van der Waals surface area (Å²) in [4.78, 5) is 10.8. The average Bonchev–Trinajstić information content (AvgIpc) is 3.20. The summed E-state index contributed by atoms with van der Waals surface area (Å²) in [7, 11) is 0. The van der Waals surface area contributed by atoms with Crippen molar-refractivity contribution in [2.45, 2.75) is 25.2 Å². The fourth-order valence-corrected chi connectivity index (χ4v) is 4.92. The molecule has 0 unspecified atom stereocenters. The molecule has 0 saturated carbocycles. The maximum absolute atomic E-state index is 11.2. The molecule has 2 aromatic carbocycles. The summed E-state index contributed by atoms with van der Waals surface area (Å²) in [6, 6.07) is 7.94. The van der Waals surface area contributed by atoms with Gasteiger partial charge in [0.25, 0.3) is 5.69 Å². The van der Waals surface area contributed by atoms with Gasteiger partial charge < -0.3 is 17.1 Å². The number of ether oxygens (including phenoxy) is 1. The van der Waals surface area contributed by atoms with Crippen molar-refractivity contribution < 1.29 is 26.6 Å². The molecule has 0 radical (unpaired) electrons. The van der Waals surface area contributed by atoms with Gasteiger partial charge in [0.2, 0.25) is 6.33 Å². The molecule has 3 aromatic rings. The predicted molar refractivity (Wildman–Crippen MR) is 102 cm³/mol. The monoisotopic (exact) mass is 472 g/mol. The Balaban J connectivity index is 0.00000205. The fraction of sp³-hybridized carbons (Fsp3) is 0.222. The van der Waals surface area contributed by atoms with Crippen LogP contribution in [0.1, 0.15) is 23.0 Å². The third-order valence-corrected chi connectivity index (χ3v) is 5.92. The lowest BCUT2D eigenvalue weighted by atomic mass is 10.1. The molecule has 1 aliphatic heterocycles. The highest BCUT2D eigenvalue weighted by atomic mass is 35.5. The van der Waals surface area contributed by atoms with Gasteiger partial charge >= 0.3 is 5.82 Å². The van der Waals surface area contributed by atoms with Crippen LogP contribution in [-0.2, 0) is 17.8 Å². The number of nitrogens with zero attached hydrogens (tertiary/aromatic N) is 4. The van der Waals surface area contributed by atoms with E-state index < -0.39 is 0 Å². The van der Waals surface area contributed by atoms with Gasteiger partial charge in [0.1, 0.15) is 18.8 Å². The fourth-order valence-electron chi connectivity index (χ4n) is 3.93. The summed E-state index contributed by atoms with van der Waals surface area (Å²) in [5.74, 6) is 0.683. The molecule has 0 saturated heterocycles. The molecule has 0 fully saturated rings. The van der Waals surface area contributed by atoms with Crippen molar-refractivity contribution in [2.75, 3.05) is 0 Å². The van der Waals surface area contributed by atoms with Gasteiger partial charge in [-0.15, -0.1) is 0 Å². The van der Waals surface area contributed by atoms with Crippen LogP contribution >= 0.6 is 34.8 Å². The van der Waals surface area contributed by atoms with Gasteiger partial charge in [-0.25, -0.2) is 4.57 Å². The van der Waals surface area contributed by atoms with Gasteiger partial charge in [-0.3, -0.25) is 10.1 Å². The number of hydrogen-bond acceptors (Lipinski definition) is 4. The van der Waals surface area contributed by atoms with Crippen molar-refractivity contribution in [3.05, 3.63) is 78.8 Å². The Labute approximate surface area is 186 Å². The maximum atomic E-state index is 11.2. The van der Waals surface area contributed by atoms with Crippen molar-refractivity contribution >= 4 is 40.5 Å². The van der Waals surface area contributed by atoms with Crippen LogP contribution in [0.4, 0.5) is 5.69 Å². The molecule has 0 bridgehead atoms. The summed E-state index contributed by atoms with van der Waals surface area (Å²) in [6.07, 6.45) is 2.38. The smallest absolute Gasteiger partial charge is 0.304 e. The molecule has 29 heavy (non-hydrogen) atoms. The Morgan fingerprint density at radius 1 is 1.21 bits per heavy atom. The minimum Gasteiger partial charge on any atom is -1.00 e. The lowest BCUT2D eigenvalue weighted by molar-refractivity contribution is -0.739. The summed E-state index contributed by atoms with van der Waals surface area (Å²) in [5.41, 5.74) is 2.49. The van der Waals surface area contributed by atoms with Crippen LogP contribution in [0.5, 0.6) is 0 Å². The Hall–Kier alpha value is -1.90. The summed E-state index contributed by atoms with van der Waals surface area (Å²) in [6.45, 7) is 0.326. The van der Waals surface area contributed by atoms with Crippen molar-refractivity contribution in [3.63, 3.8) is 0 Å². The van der Waals surface area contributed by atoms with E-state index in [9.17, 15) is 10.1 Å². The molecule has 2 aliphatic rings. The number of hydrogen-bond donors (Lipinski definition) is 0. The Morgan fingerprint density at radius 2 is 1.93 bits per heavy atom. The molecule has 5 rings (SSSR count). The van der Waals surface area contributed by atoms with Crippen molar-refractivity contribution in [1.29, 1.82) is 0 Å². The zero-order chi connectivity index (χ0) is 19.6. The first-order chi connectivity index (χ1) is 13.4. The zero-order valence-corrected chi connectivity index (χ0v) is 17.6. The van der Waals surface area contributed by atoms with E-state index in [0.717, 1.165) is 11.1 Å². The molecule has 1 aliphatic carbocycles. The number of halogens is 4. The topological polar surface area (TPSA) is 74.1 Å². The summed E-state index contributed by atoms with van der Waals surface area (Å²) >= 11 is 18.7. The van der Waals surface area contributed by atoms with Crippen molar-refractivity contribution in [2.24, 2.45) is 0 Å². The quantitative estimate of drug-likeness (QED) is 0.317. The van der Waals surface area contributed by atoms with E-state index in [0.29, 0.717) is 39.6 Å². The largest absolute Gasteiger partial charge is 1.00 e. The molecule has 0 amide bonds. The van der Waals surface area contributed by atoms with Crippen molar-refractivity contribution in [1.82, 2.24) is 9.78 Å². The molecule has 11 heteroatoms. The SMILES string of the molecule is O=[N+]([O-])c1ccc2c(c1)[C@@H]1[C@H](C2)OCc2nn(-c3c(Cl)cc(Cl)cc3Cl)c[n+]21.[Cl-]. The third-order valence-electron chi connectivity index (χ3n) is 5.12. The molecular formula is C18H12Cl4N4O3. The molecule has 2 atom stereocenters. The van der Waals surface area contributed by atoms with E-state index >= 15 is 0 Å². The minimum atomic E-state index is -0.389. The standard InChI is InChI=1S/C18H12Cl3N4O3.ClH/c19-10-4-13(20)18(14(21)5-10)24-8-23-16(22-24)7-28-15-3-9-1-2-11(25(26)27)6-12(9)17(15)23;/h1-2,4-6,8,15,17H,3,7H2;1H/q+1;/p-1/t15-,17+;/m0./s1. The first-order valence-electron chi connectivity index (χ1n) is 8.46. The van der Waals surface area contributed by atoms with Gasteiger partial charge in [0.15, 0.2) is 5.69 Å². The van der Waals surface area contributed by atoms with Gasteiger partial charge in [0.05, 0.1) is 15.0 Å². The van der Waals surface area contributed by atoms with Gasteiger partial charge in [-0.1, -0.05) is 45.6 Å². The van der Waals surface area contributed by atoms with Crippen LogP contribution in [0, 0.1) is 10.1 Å². The molecule has 2 heterocycles. The lowest BCUT2D eigenvalue weighted by Gasteiger charge is -2.23. The van der Waals surface area contributed by atoms with Gasteiger partial charge in [-0.05, 0) is 17.7 Å². The number of fused-ring (bicyclic) bond motifs is 5. The Bertz CT molecular complexity index is 1130. The molecule has 0 spiro atoms. The van der Waals surface area contributed by atoms with E-state index in [1.165, 1.54) is 6.07 Å².